The topological polar surface area (TPSA) is 64.6 Å². The van der Waals surface area contributed by atoms with Crippen molar-refractivity contribution in [1.29, 1.82) is 0 Å². The standard InChI is InChI=1S/C22H21NO4/c1-4-26-22(25)19-20(24)18(13-16-11-10-14(2)15(3)12-16)27-21(19)23-17-8-6-5-7-9-17/h5-13,23H,4H2,1-3H3/b18-13-. The van der Waals surface area contributed by atoms with E-state index >= 15 is 0 Å². The van der Waals surface area contributed by atoms with Crippen LogP contribution in [0, 0.1) is 13.8 Å². The molecule has 0 amide bonds. The molecule has 27 heavy (non-hydrogen) atoms. The Morgan fingerprint density at radius 1 is 1.11 bits per heavy atom. The summed E-state index contributed by atoms with van der Waals surface area (Å²) in [7, 11) is 0. The zero-order chi connectivity index (χ0) is 19.4. The molecule has 1 heterocycles. The smallest absolute Gasteiger partial charge is 0.347 e. The van der Waals surface area contributed by atoms with E-state index in [0.29, 0.717) is 5.69 Å². The van der Waals surface area contributed by atoms with Gasteiger partial charge >= 0.3 is 5.97 Å². The number of esters is 1. The molecule has 1 N–H and O–H groups in total. The molecule has 0 aromatic heterocycles. The van der Waals surface area contributed by atoms with Crippen LogP contribution >= 0.6 is 0 Å². The summed E-state index contributed by atoms with van der Waals surface area (Å²) in [6.45, 7) is 5.88. The van der Waals surface area contributed by atoms with Gasteiger partial charge in [-0.3, -0.25) is 4.79 Å². The molecule has 0 saturated carbocycles. The van der Waals surface area contributed by atoms with Gasteiger partial charge in [0.2, 0.25) is 11.7 Å². The normalized spacial score (nSPS) is 15.1. The Labute approximate surface area is 158 Å². The maximum Gasteiger partial charge on any atom is 0.347 e. The largest absolute Gasteiger partial charge is 0.462 e. The van der Waals surface area contributed by atoms with E-state index in [-0.39, 0.29) is 23.8 Å². The zero-order valence-corrected chi connectivity index (χ0v) is 15.5. The number of rotatable bonds is 5. The van der Waals surface area contributed by atoms with Crippen molar-refractivity contribution in [2.75, 3.05) is 11.9 Å². The molecule has 0 spiro atoms. The lowest BCUT2D eigenvalue weighted by Gasteiger charge is -2.08. The third-order valence-corrected chi connectivity index (χ3v) is 4.23. The maximum absolute atomic E-state index is 12.8. The first-order valence-corrected chi connectivity index (χ1v) is 8.74. The number of aryl methyl sites for hydroxylation is 2. The van der Waals surface area contributed by atoms with E-state index in [1.54, 1.807) is 13.0 Å². The van der Waals surface area contributed by atoms with Crippen molar-refractivity contribution in [2.24, 2.45) is 0 Å². The van der Waals surface area contributed by atoms with E-state index in [2.05, 4.69) is 5.32 Å². The van der Waals surface area contributed by atoms with Gasteiger partial charge in [-0.1, -0.05) is 36.4 Å². The number of carbonyl (C=O) groups is 2. The predicted molar refractivity (Wildman–Crippen MR) is 104 cm³/mol. The molecule has 0 aliphatic carbocycles. The number of allylic oxidation sites excluding steroid dienone is 1. The second-order valence-corrected chi connectivity index (χ2v) is 6.20. The number of benzene rings is 2. The van der Waals surface area contributed by atoms with Crippen LogP contribution in [0.4, 0.5) is 5.69 Å². The number of para-hydroxylation sites is 1. The summed E-state index contributed by atoms with van der Waals surface area (Å²) in [5.74, 6) is -1.03. The lowest BCUT2D eigenvalue weighted by atomic mass is 10.0. The Morgan fingerprint density at radius 3 is 2.52 bits per heavy atom. The molecule has 0 atom stereocenters. The van der Waals surface area contributed by atoms with Gasteiger partial charge in [-0.2, -0.15) is 0 Å². The minimum atomic E-state index is -0.704. The number of ketones is 1. The van der Waals surface area contributed by atoms with Crippen molar-refractivity contribution in [3.63, 3.8) is 0 Å². The maximum atomic E-state index is 12.8. The van der Waals surface area contributed by atoms with Crippen molar-refractivity contribution < 1.29 is 19.1 Å². The molecule has 1 aliphatic heterocycles. The van der Waals surface area contributed by atoms with Crippen LogP contribution in [0.25, 0.3) is 6.08 Å². The number of ether oxygens (including phenoxy) is 2. The second-order valence-electron chi connectivity index (χ2n) is 6.20. The van der Waals surface area contributed by atoms with E-state index in [9.17, 15) is 9.59 Å². The van der Waals surface area contributed by atoms with Crippen LogP contribution < -0.4 is 5.32 Å². The molecular weight excluding hydrogens is 342 g/mol. The van der Waals surface area contributed by atoms with Crippen LogP contribution in [0.2, 0.25) is 0 Å². The van der Waals surface area contributed by atoms with Crippen LogP contribution in [0.5, 0.6) is 0 Å². The highest BCUT2D eigenvalue weighted by Crippen LogP contribution is 2.29. The number of hydrogen-bond donors (Lipinski definition) is 1. The van der Waals surface area contributed by atoms with Crippen LogP contribution in [0.1, 0.15) is 23.6 Å². The fourth-order valence-corrected chi connectivity index (χ4v) is 2.66. The average Bonchev–Trinajstić information content (AvgIpc) is 2.94. The summed E-state index contributed by atoms with van der Waals surface area (Å²) in [6, 6.07) is 15.0. The van der Waals surface area contributed by atoms with Crippen LogP contribution in [0.15, 0.2) is 65.7 Å². The third-order valence-electron chi connectivity index (χ3n) is 4.23. The Bertz CT molecular complexity index is 942. The quantitative estimate of drug-likeness (QED) is 0.492. The zero-order valence-electron chi connectivity index (χ0n) is 15.5. The van der Waals surface area contributed by atoms with Gasteiger partial charge in [0.05, 0.1) is 6.61 Å². The molecule has 0 fully saturated rings. The summed E-state index contributed by atoms with van der Waals surface area (Å²) in [5.41, 5.74) is 3.67. The molecule has 2 aromatic rings. The van der Waals surface area contributed by atoms with Gasteiger partial charge in [-0.05, 0) is 55.7 Å². The molecule has 0 radical (unpaired) electrons. The Balaban J connectivity index is 1.95. The van der Waals surface area contributed by atoms with Crippen molar-refractivity contribution >= 4 is 23.5 Å². The molecule has 0 saturated heterocycles. The Morgan fingerprint density at radius 2 is 1.85 bits per heavy atom. The predicted octanol–water partition coefficient (Wildman–Crippen LogP) is 4.13. The fourth-order valence-electron chi connectivity index (χ4n) is 2.66. The SMILES string of the molecule is CCOC(=O)C1=C(Nc2ccccc2)O/C(=C\c2ccc(C)c(C)c2)C1=O. The summed E-state index contributed by atoms with van der Waals surface area (Å²) < 4.78 is 10.7. The van der Waals surface area contributed by atoms with E-state index in [4.69, 9.17) is 9.47 Å². The summed E-state index contributed by atoms with van der Waals surface area (Å²) in [4.78, 5) is 25.1. The minimum Gasteiger partial charge on any atom is -0.462 e. The molecule has 0 unspecified atom stereocenters. The van der Waals surface area contributed by atoms with Gasteiger partial charge in [0.25, 0.3) is 0 Å². The molecule has 0 bridgehead atoms. The molecule has 1 aliphatic rings. The van der Waals surface area contributed by atoms with E-state index < -0.39 is 11.8 Å². The van der Waals surface area contributed by atoms with Crippen molar-refractivity contribution in [3.8, 4) is 0 Å². The van der Waals surface area contributed by atoms with Crippen LogP contribution in [-0.2, 0) is 19.1 Å². The van der Waals surface area contributed by atoms with Gasteiger partial charge in [-0.25, -0.2) is 4.79 Å². The Hall–Kier alpha value is -3.34. The van der Waals surface area contributed by atoms with Gasteiger partial charge in [0.1, 0.15) is 0 Å². The van der Waals surface area contributed by atoms with E-state index in [1.807, 2.05) is 62.4 Å². The minimum absolute atomic E-state index is 0.0831. The van der Waals surface area contributed by atoms with Crippen molar-refractivity contribution in [1.82, 2.24) is 0 Å². The van der Waals surface area contributed by atoms with Crippen molar-refractivity contribution in [2.45, 2.75) is 20.8 Å². The molecule has 2 aromatic carbocycles. The van der Waals surface area contributed by atoms with Gasteiger partial charge in [0.15, 0.2) is 11.3 Å². The molecule has 3 rings (SSSR count). The molecule has 5 heteroatoms. The van der Waals surface area contributed by atoms with Crippen LogP contribution in [0.3, 0.4) is 0 Å². The third kappa shape index (κ3) is 4.08. The first-order chi connectivity index (χ1) is 13.0. The van der Waals surface area contributed by atoms with E-state index in [0.717, 1.165) is 16.7 Å². The number of carbonyl (C=O) groups excluding carboxylic acids is 2. The number of Topliss-reactive ketones (excluding diaryl/α,β-unsaturated/α-hetero) is 1. The number of hydrogen-bond acceptors (Lipinski definition) is 5. The second kappa shape index (κ2) is 7.91. The highest BCUT2D eigenvalue weighted by atomic mass is 16.5. The summed E-state index contributed by atoms with van der Waals surface area (Å²) >= 11 is 0. The fraction of sp³-hybridized carbons (Fsp3) is 0.182. The number of nitrogens with one attached hydrogen (secondary N) is 1. The first-order valence-electron chi connectivity index (χ1n) is 8.74. The summed E-state index contributed by atoms with van der Waals surface area (Å²) in [6.07, 6.45) is 1.63. The average molecular weight is 363 g/mol. The lowest BCUT2D eigenvalue weighted by Crippen LogP contribution is -2.16. The van der Waals surface area contributed by atoms with Gasteiger partial charge in [0, 0.05) is 5.69 Å². The van der Waals surface area contributed by atoms with E-state index in [1.165, 1.54) is 0 Å². The first kappa shape index (κ1) is 18.5. The van der Waals surface area contributed by atoms with Crippen molar-refractivity contribution in [3.05, 3.63) is 82.4 Å². The molecule has 138 valence electrons. The molecular formula is C22H21NO4. The van der Waals surface area contributed by atoms with Gasteiger partial charge < -0.3 is 14.8 Å². The highest BCUT2D eigenvalue weighted by Gasteiger charge is 2.36. The summed E-state index contributed by atoms with van der Waals surface area (Å²) in [5, 5.41) is 2.99. The Kier molecular flexibility index (Phi) is 5.41. The number of anilines is 1. The lowest BCUT2D eigenvalue weighted by molar-refractivity contribution is -0.139. The van der Waals surface area contributed by atoms with Crippen LogP contribution in [-0.4, -0.2) is 18.4 Å². The molecule has 5 nitrogen and oxygen atoms in total. The highest BCUT2D eigenvalue weighted by molar-refractivity contribution is 6.26. The monoisotopic (exact) mass is 363 g/mol. The van der Waals surface area contributed by atoms with Gasteiger partial charge in [-0.15, -0.1) is 0 Å².